The van der Waals surface area contributed by atoms with E-state index in [2.05, 4.69) is 10.3 Å². The molecule has 6 N–H and O–H groups in total. The van der Waals surface area contributed by atoms with Gasteiger partial charge in [0.15, 0.2) is 12.6 Å². The number of amides is 1. The van der Waals surface area contributed by atoms with Gasteiger partial charge in [0.2, 0.25) is 0 Å². The summed E-state index contributed by atoms with van der Waals surface area (Å²) in [5, 5.41) is 12.5. The van der Waals surface area contributed by atoms with E-state index in [0.717, 1.165) is 35.8 Å². The second-order valence-electron chi connectivity index (χ2n) is 7.05. The number of carbonyl (C=O) groups excluding carboxylic acids is 1. The minimum Gasteiger partial charge on any atom is -0.484 e. The number of hydrogen-bond acceptors (Lipinski definition) is 6. The summed E-state index contributed by atoms with van der Waals surface area (Å²) >= 11 is 0. The third-order valence-electron chi connectivity index (χ3n) is 4.89. The van der Waals surface area contributed by atoms with Crippen LogP contribution in [-0.2, 0) is 22.4 Å². The van der Waals surface area contributed by atoms with Crippen molar-refractivity contribution in [3.63, 3.8) is 0 Å². The molecule has 3 rings (SSSR count). The molecule has 1 aliphatic carbocycles. The highest BCUT2D eigenvalue weighted by Gasteiger charge is 2.21. The highest BCUT2D eigenvalue weighted by molar-refractivity contribution is 5.85. The molecule has 0 radical (unpaired) electrons. The van der Waals surface area contributed by atoms with Gasteiger partial charge in [0.25, 0.3) is 5.91 Å². The number of carboxylic acid groups (broad SMARTS) is 1. The number of aliphatic imine (C=N–C) groups is 1. The van der Waals surface area contributed by atoms with Crippen LogP contribution in [0.5, 0.6) is 5.75 Å². The number of nitrogens with two attached hydrogens (primary N) is 2. The summed E-state index contributed by atoms with van der Waals surface area (Å²) in [5.74, 6) is -1.47. The van der Waals surface area contributed by atoms with Crippen molar-refractivity contribution in [2.75, 3.05) is 13.2 Å². The fourth-order valence-corrected chi connectivity index (χ4v) is 3.50. The Morgan fingerprint density at radius 2 is 2.03 bits per heavy atom. The molecule has 1 unspecified atom stereocenters. The molecule has 0 bridgehead atoms. The fourth-order valence-electron chi connectivity index (χ4n) is 3.50. The second kappa shape index (κ2) is 9.29. The van der Waals surface area contributed by atoms with E-state index in [9.17, 15) is 19.5 Å². The number of guanidine groups is 1. The quantitative estimate of drug-likeness (QED) is 0.195. The van der Waals surface area contributed by atoms with Crippen molar-refractivity contribution >= 4 is 28.8 Å². The summed E-state index contributed by atoms with van der Waals surface area (Å²) in [5.41, 5.74) is 12.2. The third kappa shape index (κ3) is 5.07. The van der Waals surface area contributed by atoms with Crippen LogP contribution in [0, 0.1) is 0 Å². The topological polar surface area (TPSA) is 170 Å². The highest BCUT2D eigenvalue weighted by Crippen LogP contribution is 2.29. The normalized spacial score (nSPS) is 13.5. The molecule has 2 aromatic rings. The van der Waals surface area contributed by atoms with E-state index >= 15 is 0 Å². The Hall–Kier alpha value is -3.56. The van der Waals surface area contributed by atoms with Gasteiger partial charge in [0.05, 0.1) is 0 Å². The summed E-state index contributed by atoms with van der Waals surface area (Å²) in [6, 6.07) is 3.98. The average Bonchev–Trinajstić information content (AvgIpc) is 3.19. The Morgan fingerprint density at radius 3 is 2.77 bits per heavy atom. The number of ether oxygens (including phenoxy) is 1. The first-order valence-corrected chi connectivity index (χ1v) is 9.64. The van der Waals surface area contributed by atoms with Crippen LogP contribution < -0.4 is 27.1 Å². The first-order chi connectivity index (χ1) is 14.3. The molecule has 1 atom stereocenters. The van der Waals surface area contributed by atoms with Gasteiger partial charge in [-0.25, -0.2) is 9.59 Å². The lowest BCUT2D eigenvalue weighted by Gasteiger charge is -2.14. The van der Waals surface area contributed by atoms with Gasteiger partial charge in [-0.05, 0) is 49.8 Å². The smallest absolute Gasteiger partial charge is 0.339 e. The number of benzene rings is 1. The maximum atomic E-state index is 12.1. The van der Waals surface area contributed by atoms with Crippen LogP contribution in [0.3, 0.4) is 0 Å². The van der Waals surface area contributed by atoms with Crippen molar-refractivity contribution in [3.8, 4) is 5.75 Å². The van der Waals surface area contributed by atoms with Crippen molar-refractivity contribution in [1.29, 1.82) is 0 Å². The van der Waals surface area contributed by atoms with Crippen LogP contribution in [0.15, 0.2) is 32.4 Å². The molecule has 0 aliphatic heterocycles. The number of carboxylic acids is 1. The predicted octanol–water partition coefficient (Wildman–Crippen LogP) is 0.284. The van der Waals surface area contributed by atoms with Crippen molar-refractivity contribution in [1.82, 2.24) is 5.32 Å². The number of nitrogens with zero attached hydrogens (tertiary/aromatic N) is 1. The molecule has 10 heteroatoms. The Morgan fingerprint density at radius 1 is 1.27 bits per heavy atom. The molecule has 0 fully saturated rings. The zero-order chi connectivity index (χ0) is 21.7. The standard InChI is InChI=1S/C20H24N4O6/c21-20(22)23-8-2-5-15(18(26)27)24-17(25)10-29-11-6-7-13-12-3-1-4-14(12)19(28)30-16(13)9-11/h6-7,9,15H,1-5,8,10H2,(H,24,25)(H,26,27)(H4,21,22,23). The predicted molar refractivity (Wildman–Crippen MR) is 109 cm³/mol. The molecular weight excluding hydrogens is 392 g/mol. The summed E-state index contributed by atoms with van der Waals surface area (Å²) in [7, 11) is 0. The van der Waals surface area contributed by atoms with Crippen LogP contribution in [0.4, 0.5) is 0 Å². The van der Waals surface area contributed by atoms with Gasteiger partial charge in [-0.15, -0.1) is 0 Å². The summed E-state index contributed by atoms with van der Waals surface area (Å²) in [6.07, 6.45) is 3.05. The van der Waals surface area contributed by atoms with Gasteiger partial charge in [0, 0.05) is 23.6 Å². The van der Waals surface area contributed by atoms with E-state index in [4.69, 9.17) is 20.6 Å². The van der Waals surface area contributed by atoms with Crippen molar-refractivity contribution < 1.29 is 23.8 Å². The molecular formula is C20H24N4O6. The van der Waals surface area contributed by atoms with E-state index in [1.54, 1.807) is 18.2 Å². The van der Waals surface area contributed by atoms with E-state index in [1.165, 1.54) is 0 Å². The van der Waals surface area contributed by atoms with Gasteiger partial charge in [-0.1, -0.05) is 0 Å². The summed E-state index contributed by atoms with van der Waals surface area (Å²) in [4.78, 5) is 39.3. The lowest BCUT2D eigenvalue weighted by molar-refractivity contribution is -0.142. The molecule has 30 heavy (non-hydrogen) atoms. The lowest BCUT2D eigenvalue weighted by Crippen LogP contribution is -2.43. The fraction of sp³-hybridized carbons (Fsp3) is 0.400. The molecule has 1 aliphatic rings. The number of fused-ring (bicyclic) bond motifs is 3. The number of rotatable bonds is 9. The second-order valence-corrected chi connectivity index (χ2v) is 7.05. The SMILES string of the molecule is NC(N)=NCCCC(NC(=O)COc1ccc2c3c(c(=O)oc2c1)CCC3)C(=O)O. The van der Waals surface area contributed by atoms with Crippen LogP contribution in [0.1, 0.15) is 30.4 Å². The molecule has 1 heterocycles. The zero-order valence-corrected chi connectivity index (χ0v) is 16.3. The average molecular weight is 416 g/mol. The largest absolute Gasteiger partial charge is 0.484 e. The molecule has 160 valence electrons. The number of hydrogen-bond donors (Lipinski definition) is 4. The molecule has 10 nitrogen and oxygen atoms in total. The minimum absolute atomic E-state index is 0.0736. The Labute approximate surface area is 171 Å². The zero-order valence-electron chi connectivity index (χ0n) is 16.3. The Bertz CT molecular complexity index is 1040. The maximum Gasteiger partial charge on any atom is 0.339 e. The first kappa shape index (κ1) is 21.2. The van der Waals surface area contributed by atoms with Gasteiger partial charge < -0.3 is 31.0 Å². The van der Waals surface area contributed by atoms with Crippen molar-refractivity contribution in [3.05, 3.63) is 39.7 Å². The van der Waals surface area contributed by atoms with E-state index < -0.39 is 17.9 Å². The molecule has 1 aromatic carbocycles. The first-order valence-electron chi connectivity index (χ1n) is 9.64. The molecule has 1 aromatic heterocycles. The molecule has 0 spiro atoms. The van der Waals surface area contributed by atoms with Gasteiger partial charge in [-0.2, -0.15) is 0 Å². The maximum absolute atomic E-state index is 12.1. The highest BCUT2D eigenvalue weighted by atomic mass is 16.5. The number of carbonyl (C=O) groups is 2. The number of aryl methyl sites for hydroxylation is 1. The summed E-state index contributed by atoms with van der Waals surface area (Å²) < 4.78 is 10.8. The Balaban J connectivity index is 1.59. The van der Waals surface area contributed by atoms with E-state index in [-0.39, 0.29) is 31.2 Å². The van der Waals surface area contributed by atoms with Crippen molar-refractivity contribution in [2.45, 2.75) is 38.1 Å². The van der Waals surface area contributed by atoms with Crippen molar-refractivity contribution in [2.24, 2.45) is 16.5 Å². The minimum atomic E-state index is -1.16. The van der Waals surface area contributed by atoms with Crippen LogP contribution in [0.25, 0.3) is 11.0 Å². The van der Waals surface area contributed by atoms with E-state index in [1.807, 2.05) is 0 Å². The van der Waals surface area contributed by atoms with Gasteiger partial charge in [-0.3, -0.25) is 9.79 Å². The monoisotopic (exact) mass is 416 g/mol. The lowest BCUT2D eigenvalue weighted by atomic mass is 10.1. The van der Waals surface area contributed by atoms with Crippen LogP contribution >= 0.6 is 0 Å². The summed E-state index contributed by atoms with van der Waals surface area (Å²) in [6.45, 7) is -0.108. The number of nitrogens with one attached hydrogen (secondary N) is 1. The Kier molecular flexibility index (Phi) is 6.55. The molecule has 0 saturated heterocycles. The van der Waals surface area contributed by atoms with E-state index in [0.29, 0.717) is 17.8 Å². The van der Waals surface area contributed by atoms with Crippen LogP contribution in [-0.4, -0.2) is 42.1 Å². The molecule has 0 saturated carbocycles. The van der Waals surface area contributed by atoms with Gasteiger partial charge in [0.1, 0.15) is 17.4 Å². The van der Waals surface area contributed by atoms with Crippen LogP contribution in [0.2, 0.25) is 0 Å². The van der Waals surface area contributed by atoms with Gasteiger partial charge >= 0.3 is 11.6 Å². The molecule has 1 amide bonds. The number of aliphatic carboxylic acids is 1. The third-order valence-corrected chi connectivity index (χ3v) is 4.89.